The Morgan fingerprint density at radius 2 is 1.79 bits per heavy atom. The zero-order valence-corrected chi connectivity index (χ0v) is 21.6. The van der Waals surface area contributed by atoms with E-state index in [1.165, 1.54) is 18.4 Å². The Morgan fingerprint density at radius 1 is 0.895 bits per heavy atom. The first-order valence-corrected chi connectivity index (χ1v) is 13.0. The number of anilines is 1. The Hall–Kier alpha value is -4.58. The van der Waals surface area contributed by atoms with Gasteiger partial charge < -0.3 is 5.32 Å². The third-order valence-electron chi connectivity index (χ3n) is 7.11. The molecule has 5 aromatic rings. The van der Waals surface area contributed by atoms with Crippen LogP contribution in [0.4, 0.5) is 5.82 Å². The van der Waals surface area contributed by atoms with E-state index in [2.05, 4.69) is 54.5 Å². The van der Waals surface area contributed by atoms with E-state index in [1.807, 2.05) is 47.2 Å². The molecule has 6 heteroatoms. The van der Waals surface area contributed by atoms with Gasteiger partial charge in [0.2, 0.25) is 0 Å². The number of hydrogen-bond donors (Lipinski definition) is 1. The lowest BCUT2D eigenvalue weighted by atomic mass is 9.94. The van der Waals surface area contributed by atoms with Crippen molar-refractivity contribution in [1.82, 2.24) is 19.6 Å². The lowest BCUT2D eigenvalue weighted by molar-refractivity contribution is 0.102. The minimum absolute atomic E-state index is 0.187. The molecule has 0 atom stereocenters. The van der Waals surface area contributed by atoms with Crippen molar-refractivity contribution >= 4 is 22.9 Å². The van der Waals surface area contributed by atoms with Crippen LogP contribution in [0.25, 0.3) is 33.6 Å². The summed E-state index contributed by atoms with van der Waals surface area (Å²) in [4.78, 5) is 21.8. The van der Waals surface area contributed by atoms with E-state index in [4.69, 9.17) is 10.1 Å². The van der Waals surface area contributed by atoms with Crippen LogP contribution in [0.5, 0.6) is 0 Å². The molecule has 6 rings (SSSR count). The summed E-state index contributed by atoms with van der Waals surface area (Å²) in [7, 11) is 0. The topological polar surface area (TPSA) is 72.2 Å². The SMILES string of the molecule is Cc1cc(-c2cc(C(=O)Nc3ccccn3)ccc2C)cc(-c2cnc3cc(C4=CCCCC4)cnn23)c1. The van der Waals surface area contributed by atoms with E-state index in [-0.39, 0.29) is 5.91 Å². The van der Waals surface area contributed by atoms with Crippen molar-refractivity contribution in [1.29, 1.82) is 0 Å². The van der Waals surface area contributed by atoms with Gasteiger partial charge in [-0.3, -0.25) is 4.79 Å². The molecular weight excluding hydrogens is 470 g/mol. The Bertz CT molecular complexity index is 1680. The molecular formula is C32H29N5O. The molecule has 0 bridgehead atoms. The van der Waals surface area contributed by atoms with Crippen molar-refractivity contribution in [2.24, 2.45) is 0 Å². The van der Waals surface area contributed by atoms with Gasteiger partial charge in [0.15, 0.2) is 5.65 Å². The van der Waals surface area contributed by atoms with Crippen molar-refractivity contribution in [2.45, 2.75) is 39.5 Å². The minimum atomic E-state index is -0.187. The number of allylic oxidation sites excluding steroid dienone is 2. The molecule has 1 amide bonds. The van der Waals surface area contributed by atoms with E-state index in [1.54, 1.807) is 12.3 Å². The Balaban J connectivity index is 1.35. The van der Waals surface area contributed by atoms with Gasteiger partial charge in [-0.25, -0.2) is 14.5 Å². The third kappa shape index (κ3) is 4.73. The first kappa shape index (κ1) is 23.8. The highest BCUT2D eigenvalue weighted by molar-refractivity contribution is 6.04. The zero-order valence-electron chi connectivity index (χ0n) is 21.6. The standard InChI is InChI=1S/C32H29N5O/c1-21-14-25(28-17-24(12-11-22(28)2)32(38)36-30-10-6-7-13-33-30)16-26(15-21)29-20-34-31-18-27(19-35-37(29)31)23-8-4-3-5-9-23/h6-8,10-20H,3-5,9H2,1-2H3,(H,33,36,38). The largest absolute Gasteiger partial charge is 0.307 e. The summed E-state index contributed by atoms with van der Waals surface area (Å²) >= 11 is 0. The molecule has 1 aliphatic rings. The lowest BCUT2D eigenvalue weighted by Gasteiger charge is -2.13. The van der Waals surface area contributed by atoms with Crippen molar-refractivity contribution < 1.29 is 4.79 Å². The van der Waals surface area contributed by atoms with E-state index in [0.717, 1.165) is 57.6 Å². The van der Waals surface area contributed by atoms with Crippen LogP contribution in [0.3, 0.4) is 0 Å². The van der Waals surface area contributed by atoms with Gasteiger partial charge in [-0.2, -0.15) is 5.10 Å². The van der Waals surface area contributed by atoms with Crippen molar-refractivity contribution in [3.8, 4) is 22.4 Å². The van der Waals surface area contributed by atoms with Crippen molar-refractivity contribution in [2.75, 3.05) is 5.32 Å². The normalized spacial score (nSPS) is 13.4. The lowest BCUT2D eigenvalue weighted by Crippen LogP contribution is -2.13. The Kier molecular flexibility index (Phi) is 6.30. The molecule has 0 saturated carbocycles. The van der Waals surface area contributed by atoms with Crippen LogP contribution in [-0.4, -0.2) is 25.5 Å². The van der Waals surface area contributed by atoms with Crippen molar-refractivity contribution in [3.63, 3.8) is 0 Å². The van der Waals surface area contributed by atoms with E-state index >= 15 is 0 Å². The molecule has 6 nitrogen and oxygen atoms in total. The smallest absolute Gasteiger partial charge is 0.256 e. The van der Waals surface area contributed by atoms with Gasteiger partial charge >= 0.3 is 0 Å². The predicted octanol–water partition coefficient (Wildman–Crippen LogP) is 7.28. The molecule has 0 spiro atoms. The van der Waals surface area contributed by atoms with E-state index in [9.17, 15) is 4.79 Å². The second kappa shape index (κ2) is 10.1. The maximum absolute atomic E-state index is 12.9. The number of carbonyl (C=O) groups excluding carboxylic acids is 1. The quantitative estimate of drug-likeness (QED) is 0.276. The molecule has 188 valence electrons. The fourth-order valence-electron chi connectivity index (χ4n) is 5.13. The van der Waals surface area contributed by atoms with Crippen LogP contribution in [0.15, 0.2) is 85.3 Å². The predicted molar refractivity (Wildman–Crippen MR) is 152 cm³/mol. The molecule has 0 aliphatic heterocycles. The van der Waals surface area contributed by atoms with Gasteiger partial charge in [-0.1, -0.05) is 24.3 Å². The van der Waals surface area contributed by atoms with Gasteiger partial charge in [0.1, 0.15) is 5.82 Å². The minimum Gasteiger partial charge on any atom is -0.307 e. The number of hydrogen-bond acceptors (Lipinski definition) is 4. The summed E-state index contributed by atoms with van der Waals surface area (Å²) in [5.41, 5.74) is 10.2. The Labute approximate surface area is 222 Å². The summed E-state index contributed by atoms with van der Waals surface area (Å²) in [6, 6.07) is 19.8. The number of pyridine rings is 1. The molecule has 0 saturated heterocycles. The summed E-state index contributed by atoms with van der Waals surface area (Å²) in [6.45, 7) is 4.15. The fraction of sp³-hybridized carbons (Fsp3) is 0.188. The van der Waals surface area contributed by atoms with E-state index < -0.39 is 0 Å². The second-order valence-electron chi connectivity index (χ2n) is 9.92. The highest BCUT2D eigenvalue weighted by Crippen LogP contribution is 2.32. The number of fused-ring (bicyclic) bond motifs is 1. The summed E-state index contributed by atoms with van der Waals surface area (Å²) in [5, 5.41) is 7.65. The van der Waals surface area contributed by atoms with Gasteiger partial charge in [0, 0.05) is 22.9 Å². The summed E-state index contributed by atoms with van der Waals surface area (Å²) in [5.74, 6) is 0.341. The number of aromatic nitrogens is 4. The second-order valence-corrected chi connectivity index (χ2v) is 9.92. The van der Waals surface area contributed by atoms with Crippen LogP contribution in [0.1, 0.15) is 52.7 Å². The number of carbonyl (C=O) groups is 1. The number of nitrogens with zero attached hydrogens (tertiary/aromatic N) is 4. The third-order valence-corrected chi connectivity index (χ3v) is 7.11. The molecule has 0 fully saturated rings. The molecule has 0 radical (unpaired) electrons. The van der Waals surface area contributed by atoms with Crippen LogP contribution >= 0.6 is 0 Å². The molecule has 1 aliphatic carbocycles. The van der Waals surface area contributed by atoms with Crippen molar-refractivity contribution in [3.05, 3.63) is 108 Å². The number of nitrogens with one attached hydrogen (secondary N) is 1. The Morgan fingerprint density at radius 3 is 2.61 bits per heavy atom. The molecule has 1 N–H and O–H groups in total. The van der Waals surface area contributed by atoms with Crippen LogP contribution in [-0.2, 0) is 0 Å². The number of imidazole rings is 1. The molecule has 3 heterocycles. The maximum Gasteiger partial charge on any atom is 0.256 e. The maximum atomic E-state index is 12.9. The van der Waals surface area contributed by atoms with Gasteiger partial charge in [0.05, 0.1) is 18.1 Å². The highest BCUT2D eigenvalue weighted by Gasteiger charge is 2.15. The summed E-state index contributed by atoms with van der Waals surface area (Å²) < 4.78 is 1.91. The number of benzene rings is 2. The summed E-state index contributed by atoms with van der Waals surface area (Å²) in [6.07, 6.45) is 12.6. The average molecular weight is 500 g/mol. The van der Waals surface area contributed by atoms with Crippen LogP contribution < -0.4 is 5.32 Å². The molecule has 2 aromatic carbocycles. The van der Waals surface area contributed by atoms with Gasteiger partial charge in [-0.15, -0.1) is 0 Å². The first-order valence-electron chi connectivity index (χ1n) is 13.0. The monoisotopic (exact) mass is 499 g/mol. The van der Waals surface area contributed by atoms with E-state index in [0.29, 0.717) is 11.4 Å². The first-order chi connectivity index (χ1) is 18.5. The number of aryl methyl sites for hydroxylation is 2. The van der Waals surface area contributed by atoms with Gasteiger partial charge in [-0.05, 0) is 110 Å². The highest BCUT2D eigenvalue weighted by atomic mass is 16.1. The zero-order chi connectivity index (χ0) is 26.1. The number of rotatable bonds is 5. The molecule has 38 heavy (non-hydrogen) atoms. The van der Waals surface area contributed by atoms with Gasteiger partial charge in [0.25, 0.3) is 5.91 Å². The number of amides is 1. The van der Waals surface area contributed by atoms with Crippen LogP contribution in [0.2, 0.25) is 0 Å². The molecule has 0 unspecified atom stereocenters. The fourth-order valence-corrected chi connectivity index (χ4v) is 5.13. The van der Waals surface area contributed by atoms with Crippen LogP contribution in [0, 0.1) is 13.8 Å². The average Bonchev–Trinajstić information content (AvgIpc) is 3.37. The molecule has 3 aromatic heterocycles.